The van der Waals surface area contributed by atoms with E-state index in [9.17, 15) is 4.21 Å². The Bertz CT molecular complexity index is 335. The van der Waals surface area contributed by atoms with Crippen molar-refractivity contribution in [1.82, 2.24) is 9.55 Å². The molecule has 2 N–H and O–H groups in total. The van der Waals surface area contributed by atoms with E-state index >= 15 is 0 Å². The number of aromatic nitrogens is 2. The van der Waals surface area contributed by atoms with E-state index in [-0.39, 0.29) is 11.3 Å². The normalized spacial score (nSPS) is 17.3. The molecule has 0 fully saturated rings. The van der Waals surface area contributed by atoms with Crippen LogP contribution in [0.1, 0.15) is 32.0 Å². The molecule has 86 valence electrons. The summed E-state index contributed by atoms with van der Waals surface area (Å²) in [6.45, 7) is 4.77. The number of nitrogens with two attached hydrogens (primary N) is 1. The van der Waals surface area contributed by atoms with Crippen molar-refractivity contribution in [1.29, 1.82) is 0 Å². The second-order valence-corrected chi connectivity index (χ2v) is 5.70. The molecule has 5 heteroatoms. The van der Waals surface area contributed by atoms with Crippen LogP contribution in [0.5, 0.6) is 0 Å². The van der Waals surface area contributed by atoms with Crippen molar-refractivity contribution < 1.29 is 4.21 Å². The molecule has 1 aromatic heterocycles. The van der Waals surface area contributed by atoms with Crippen LogP contribution in [0.15, 0.2) is 12.5 Å². The average Bonchev–Trinajstić information content (AvgIpc) is 2.61. The molecule has 0 radical (unpaired) electrons. The second-order valence-electron chi connectivity index (χ2n) is 3.90. The summed E-state index contributed by atoms with van der Waals surface area (Å²) >= 11 is 0. The zero-order chi connectivity index (χ0) is 11.4. The van der Waals surface area contributed by atoms with Gasteiger partial charge in [-0.05, 0) is 13.3 Å². The van der Waals surface area contributed by atoms with Crippen LogP contribution in [0.25, 0.3) is 0 Å². The first-order valence-corrected chi connectivity index (χ1v) is 6.72. The summed E-state index contributed by atoms with van der Waals surface area (Å²) in [6.07, 6.45) is 6.20. The fourth-order valence-corrected chi connectivity index (χ4v) is 1.82. The van der Waals surface area contributed by atoms with Crippen molar-refractivity contribution in [3.63, 3.8) is 0 Å². The Kier molecular flexibility index (Phi) is 4.47. The van der Waals surface area contributed by atoms with Gasteiger partial charge in [-0.1, -0.05) is 6.92 Å². The van der Waals surface area contributed by atoms with E-state index in [2.05, 4.69) is 4.98 Å². The number of rotatable bonds is 5. The van der Waals surface area contributed by atoms with Crippen LogP contribution in [-0.4, -0.2) is 25.3 Å². The molecule has 0 saturated carbocycles. The van der Waals surface area contributed by atoms with Gasteiger partial charge in [0.15, 0.2) is 0 Å². The number of nitrogens with zero attached hydrogens (tertiary/aromatic N) is 2. The molecule has 0 aliphatic carbocycles. The zero-order valence-electron chi connectivity index (χ0n) is 9.51. The van der Waals surface area contributed by atoms with Crippen molar-refractivity contribution in [3.8, 4) is 0 Å². The summed E-state index contributed by atoms with van der Waals surface area (Å²) in [5.74, 6) is 0. The van der Waals surface area contributed by atoms with Gasteiger partial charge in [-0.2, -0.15) is 0 Å². The minimum atomic E-state index is -0.754. The summed E-state index contributed by atoms with van der Waals surface area (Å²) < 4.78 is 13.2. The van der Waals surface area contributed by atoms with Crippen LogP contribution >= 0.6 is 0 Å². The van der Waals surface area contributed by atoms with Crippen molar-refractivity contribution in [3.05, 3.63) is 18.2 Å². The van der Waals surface area contributed by atoms with Gasteiger partial charge in [0.2, 0.25) is 0 Å². The van der Waals surface area contributed by atoms with Crippen molar-refractivity contribution >= 4 is 10.8 Å². The van der Waals surface area contributed by atoms with E-state index in [0.717, 1.165) is 18.7 Å². The predicted molar refractivity (Wildman–Crippen MR) is 63.0 cm³/mol. The third-order valence-electron chi connectivity index (χ3n) is 2.55. The van der Waals surface area contributed by atoms with Crippen molar-refractivity contribution in [2.45, 2.75) is 38.1 Å². The Labute approximate surface area is 93.3 Å². The van der Waals surface area contributed by atoms with E-state index in [1.807, 2.05) is 18.4 Å². The Morgan fingerprint density at radius 3 is 2.80 bits per heavy atom. The monoisotopic (exact) mass is 229 g/mol. The third kappa shape index (κ3) is 3.43. The molecule has 15 heavy (non-hydrogen) atoms. The third-order valence-corrected chi connectivity index (χ3v) is 3.92. The maximum absolute atomic E-state index is 11.2. The summed E-state index contributed by atoms with van der Waals surface area (Å²) in [5.41, 5.74) is 6.84. The molecule has 0 aliphatic rings. The van der Waals surface area contributed by atoms with Crippen molar-refractivity contribution in [2.24, 2.45) is 5.73 Å². The van der Waals surface area contributed by atoms with Crippen LogP contribution < -0.4 is 5.73 Å². The smallest absolute Gasteiger partial charge is 0.0948 e. The molecule has 0 bridgehead atoms. The standard InChI is InChI=1S/C10H19N3OS/c1-8(15(3)14)4-5-13-7-12-6-10(13)9(2)11/h6-9H,4-5,11H2,1-3H3/t8?,9-,15?/m1/s1. The van der Waals surface area contributed by atoms with E-state index in [0.29, 0.717) is 0 Å². The van der Waals surface area contributed by atoms with Gasteiger partial charge >= 0.3 is 0 Å². The van der Waals surface area contributed by atoms with Gasteiger partial charge in [0.1, 0.15) is 0 Å². The van der Waals surface area contributed by atoms with E-state index in [4.69, 9.17) is 5.73 Å². The molecule has 1 aromatic rings. The molecule has 0 saturated heterocycles. The average molecular weight is 229 g/mol. The number of aryl methyl sites for hydroxylation is 1. The predicted octanol–water partition coefficient (Wildman–Crippen LogP) is 1.06. The fraction of sp³-hybridized carbons (Fsp3) is 0.700. The molecule has 3 atom stereocenters. The quantitative estimate of drug-likeness (QED) is 0.821. The lowest BCUT2D eigenvalue weighted by molar-refractivity contribution is 0.583. The highest BCUT2D eigenvalue weighted by molar-refractivity contribution is 7.84. The lowest BCUT2D eigenvalue weighted by Crippen LogP contribution is -2.16. The van der Waals surface area contributed by atoms with Gasteiger partial charge in [0.05, 0.1) is 12.0 Å². The maximum Gasteiger partial charge on any atom is 0.0948 e. The molecule has 0 aliphatic heterocycles. The molecular weight excluding hydrogens is 210 g/mol. The minimum absolute atomic E-state index is 0.00469. The van der Waals surface area contributed by atoms with E-state index in [1.54, 1.807) is 18.8 Å². The molecule has 1 heterocycles. The number of hydrogen-bond acceptors (Lipinski definition) is 3. The van der Waals surface area contributed by atoms with E-state index < -0.39 is 10.8 Å². The first kappa shape index (κ1) is 12.4. The van der Waals surface area contributed by atoms with Gasteiger partial charge in [0.25, 0.3) is 0 Å². The number of imidazole rings is 1. The molecule has 0 amide bonds. The molecular formula is C10H19N3OS. The second kappa shape index (κ2) is 5.42. The molecule has 0 spiro atoms. The topological polar surface area (TPSA) is 60.9 Å². The highest BCUT2D eigenvalue weighted by Crippen LogP contribution is 2.10. The maximum atomic E-state index is 11.2. The van der Waals surface area contributed by atoms with Crippen LogP contribution in [0, 0.1) is 0 Å². The first-order valence-electron chi connectivity index (χ1n) is 5.10. The van der Waals surface area contributed by atoms with Crippen LogP contribution in [0.2, 0.25) is 0 Å². The SMILES string of the molecule is CC(CCn1cncc1[C@@H](C)N)S(C)=O. The fourth-order valence-electron chi connectivity index (χ4n) is 1.38. The lowest BCUT2D eigenvalue weighted by atomic mass is 10.2. The highest BCUT2D eigenvalue weighted by Gasteiger charge is 2.09. The Morgan fingerprint density at radius 1 is 1.60 bits per heavy atom. The molecule has 1 rings (SSSR count). The Balaban J connectivity index is 2.57. The summed E-state index contributed by atoms with van der Waals surface area (Å²) in [6, 6.07) is -0.00469. The molecule has 4 nitrogen and oxygen atoms in total. The lowest BCUT2D eigenvalue weighted by Gasteiger charge is -2.13. The highest BCUT2D eigenvalue weighted by atomic mass is 32.2. The van der Waals surface area contributed by atoms with Gasteiger partial charge in [-0.25, -0.2) is 4.98 Å². The number of hydrogen-bond donors (Lipinski definition) is 1. The zero-order valence-corrected chi connectivity index (χ0v) is 10.3. The van der Waals surface area contributed by atoms with E-state index in [1.165, 1.54) is 0 Å². The van der Waals surface area contributed by atoms with Gasteiger partial charge in [-0.3, -0.25) is 4.21 Å². The largest absolute Gasteiger partial charge is 0.333 e. The summed E-state index contributed by atoms with van der Waals surface area (Å²) in [5, 5.41) is 0.216. The van der Waals surface area contributed by atoms with Crippen LogP contribution in [-0.2, 0) is 17.3 Å². The van der Waals surface area contributed by atoms with Crippen molar-refractivity contribution in [2.75, 3.05) is 6.26 Å². The minimum Gasteiger partial charge on any atom is -0.333 e. The van der Waals surface area contributed by atoms with Gasteiger partial charge in [0, 0.05) is 41.1 Å². The van der Waals surface area contributed by atoms with Gasteiger partial charge in [-0.15, -0.1) is 0 Å². The first-order chi connectivity index (χ1) is 7.02. The Morgan fingerprint density at radius 2 is 2.27 bits per heavy atom. The van der Waals surface area contributed by atoms with Gasteiger partial charge < -0.3 is 10.3 Å². The molecule has 0 aromatic carbocycles. The van der Waals surface area contributed by atoms with Crippen LogP contribution in [0.3, 0.4) is 0 Å². The van der Waals surface area contributed by atoms with Crippen LogP contribution in [0.4, 0.5) is 0 Å². The summed E-state index contributed by atoms with van der Waals surface area (Å²) in [4.78, 5) is 4.07. The molecule has 2 unspecified atom stereocenters. The Hall–Kier alpha value is -0.680. The summed E-state index contributed by atoms with van der Waals surface area (Å²) in [7, 11) is -0.754.